The van der Waals surface area contributed by atoms with Gasteiger partial charge in [0.2, 0.25) is 0 Å². The van der Waals surface area contributed by atoms with E-state index in [9.17, 15) is 4.79 Å². The molecule has 3 heterocycles. The van der Waals surface area contributed by atoms with E-state index in [2.05, 4.69) is 30.5 Å². The van der Waals surface area contributed by atoms with Crippen LogP contribution in [0.15, 0.2) is 24.5 Å². The molecule has 0 unspecified atom stereocenters. The van der Waals surface area contributed by atoms with Crippen LogP contribution >= 0.6 is 11.6 Å². The van der Waals surface area contributed by atoms with Crippen molar-refractivity contribution in [1.82, 2.24) is 30.5 Å². The fraction of sp³-hybridized carbons (Fsp3) is 0.300. The number of fused-ring (bicyclic) bond motifs is 2. The summed E-state index contributed by atoms with van der Waals surface area (Å²) in [5.74, 6) is -0.273. The molecule has 10 heteroatoms. The number of carbonyl (C=O) groups excluding carboxylic acids is 1. The second kappa shape index (κ2) is 7.67. The van der Waals surface area contributed by atoms with Gasteiger partial charge >= 0.3 is 0 Å². The molecule has 3 aromatic heterocycles. The normalized spacial score (nSPS) is 12.0. The minimum absolute atomic E-state index is 0.122. The van der Waals surface area contributed by atoms with E-state index < -0.39 is 5.41 Å². The number of aromatic nitrogens is 5. The number of aliphatic hydroxyl groups is 1. The van der Waals surface area contributed by atoms with E-state index in [1.807, 2.05) is 13.8 Å². The standard InChI is InChI=1S/C20H22ClN7O2/c1-20(2,8-22)17-13-15(27-28-18(13)25-9-24-17)16-14(21)11-4-3-10(7-12(11)26-16)19(30)23-5-6-29/h3-4,7,9,26,29H,5-6,8,22H2,1-2H3,(H,23,30)(H,24,25,27,28). The predicted octanol–water partition coefficient (Wildman–Crippen LogP) is 2.11. The zero-order valence-electron chi connectivity index (χ0n) is 16.6. The van der Waals surface area contributed by atoms with E-state index in [1.54, 1.807) is 18.2 Å². The Bertz CT molecular complexity index is 1240. The molecule has 30 heavy (non-hydrogen) atoms. The highest BCUT2D eigenvalue weighted by atomic mass is 35.5. The van der Waals surface area contributed by atoms with Gasteiger partial charge in [0.15, 0.2) is 5.65 Å². The summed E-state index contributed by atoms with van der Waals surface area (Å²) in [7, 11) is 0. The molecule has 4 rings (SSSR count). The van der Waals surface area contributed by atoms with Crippen LogP contribution in [0.3, 0.4) is 0 Å². The summed E-state index contributed by atoms with van der Waals surface area (Å²) in [6.45, 7) is 4.48. The van der Waals surface area contributed by atoms with E-state index in [0.717, 1.165) is 16.5 Å². The molecule has 0 aliphatic carbocycles. The molecule has 1 aromatic carbocycles. The van der Waals surface area contributed by atoms with Gasteiger partial charge in [0.25, 0.3) is 5.91 Å². The average molecular weight is 428 g/mol. The molecule has 0 fully saturated rings. The maximum atomic E-state index is 12.2. The number of aliphatic hydroxyl groups excluding tert-OH is 1. The number of nitrogens with zero attached hydrogens (tertiary/aromatic N) is 3. The number of rotatable bonds is 6. The molecule has 0 atom stereocenters. The van der Waals surface area contributed by atoms with Crippen molar-refractivity contribution < 1.29 is 9.90 Å². The molecule has 0 aliphatic heterocycles. The summed E-state index contributed by atoms with van der Waals surface area (Å²) in [4.78, 5) is 24.2. The third kappa shape index (κ3) is 3.30. The molecule has 0 aliphatic rings. The van der Waals surface area contributed by atoms with Gasteiger partial charge in [-0.05, 0) is 12.1 Å². The Morgan fingerprint density at radius 2 is 2.10 bits per heavy atom. The number of carbonyl (C=O) groups is 1. The van der Waals surface area contributed by atoms with E-state index in [-0.39, 0.29) is 19.1 Å². The number of amides is 1. The summed E-state index contributed by atoms with van der Waals surface area (Å²) in [5, 5.41) is 20.9. The first-order valence-electron chi connectivity index (χ1n) is 9.47. The number of hydrogen-bond donors (Lipinski definition) is 5. The van der Waals surface area contributed by atoms with Gasteiger partial charge in [0.1, 0.15) is 6.33 Å². The molecule has 6 N–H and O–H groups in total. The first kappa shape index (κ1) is 20.3. The predicted molar refractivity (Wildman–Crippen MR) is 115 cm³/mol. The molecule has 0 spiro atoms. The average Bonchev–Trinajstić information content (AvgIpc) is 3.32. The van der Waals surface area contributed by atoms with E-state index in [0.29, 0.717) is 39.7 Å². The van der Waals surface area contributed by atoms with Crippen molar-refractivity contribution in [1.29, 1.82) is 0 Å². The highest BCUT2D eigenvalue weighted by Gasteiger charge is 2.28. The molecule has 0 saturated carbocycles. The first-order valence-corrected chi connectivity index (χ1v) is 9.85. The Morgan fingerprint density at radius 3 is 2.83 bits per heavy atom. The van der Waals surface area contributed by atoms with Gasteiger partial charge in [-0.3, -0.25) is 9.89 Å². The minimum atomic E-state index is -0.393. The zero-order chi connectivity index (χ0) is 21.5. The molecule has 9 nitrogen and oxygen atoms in total. The molecule has 0 bridgehead atoms. The third-order valence-corrected chi connectivity index (χ3v) is 5.54. The van der Waals surface area contributed by atoms with Crippen LogP contribution in [0.25, 0.3) is 33.3 Å². The molecule has 0 saturated heterocycles. The molecule has 1 amide bonds. The van der Waals surface area contributed by atoms with Gasteiger partial charge in [-0.15, -0.1) is 0 Å². The fourth-order valence-electron chi connectivity index (χ4n) is 3.39. The maximum absolute atomic E-state index is 12.2. The zero-order valence-corrected chi connectivity index (χ0v) is 17.3. The Morgan fingerprint density at radius 1 is 1.30 bits per heavy atom. The van der Waals surface area contributed by atoms with E-state index in [4.69, 9.17) is 22.4 Å². The van der Waals surface area contributed by atoms with Gasteiger partial charge in [0.05, 0.1) is 34.1 Å². The topological polar surface area (TPSA) is 146 Å². The van der Waals surface area contributed by atoms with Crippen LogP contribution in [0.4, 0.5) is 0 Å². The lowest BCUT2D eigenvalue weighted by Gasteiger charge is -2.22. The van der Waals surface area contributed by atoms with Crippen LogP contribution in [0, 0.1) is 0 Å². The van der Waals surface area contributed by atoms with Crippen LogP contribution in [-0.2, 0) is 5.41 Å². The van der Waals surface area contributed by atoms with Gasteiger partial charge in [-0.2, -0.15) is 5.10 Å². The fourth-order valence-corrected chi connectivity index (χ4v) is 3.70. The summed E-state index contributed by atoms with van der Waals surface area (Å²) in [6.07, 6.45) is 1.48. The van der Waals surface area contributed by atoms with Crippen LogP contribution in [0.5, 0.6) is 0 Å². The molecular formula is C20H22ClN7O2. The van der Waals surface area contributed by atoms with Gasteiger partial charge < -0.3 is 21.1 Å². The highest BCUT2D eigenvalue weighted by molar-refractivity contribution is 6.38. The molecular weight excluding hydrogens is 406 g/mol. The summed E-state index contributed by atoms with van der Waals surface area (Å²) in [5.41, 5.74) is 9.34. The molecule has 0 radical (unpaired) electrons. The van der Waals surface area contributed by atoms with Crippen LogP contribution in [0.1, 0.15) is 29.9 Å². The minimum Gasteiger partial charge on any atom is -0.395 e. The van der Waals surface area contributed by atoms with Crippen molar-refractivity contribution in [2.24, 2.45) is 5.73 Å². The van der Waals surface area contributed by atoms with Gasteiger partial charge in [-0.1, -0.05) is 31.5 Å². The number of benzene rings is 1. The largest absolute Gasteiger partial charge is 0.395 e. The molecule has 4 aromatic rings. The van der Waals surface area contributed by atoms with Gasteiger partial charge in [0, 0.05) is 35.0 Å². The molecule has 156 valence electrons. The monoisotopic (exact) mass is 427 g/mol. The SMILES string of the molecule is CC(C)(CN)c1ncnc2n[nH]c(-c3[nH]c4cc(C(=O)NCCO)ccc4c3Cl)c12. The van der Waals surface area contributed by atoms with Crippen molar-refractivity contribution in [2.45, 2.75) is 19.3 Å². The highest BCUT2D eigenvalue weighted by Crippen LogP contribution is 2.39. The van der Waals surface area contributed by atoms with Crippen LogP contribution < -0.4 is 11.1 Å². The van der Waals surface area contributed by atoms with E-state index >= 15 is 0 Å². The maximum Gasteiger partial charge on any atom is 0.251 e. The number of halogens is 1. The van der Waals surface area contributed by atoms with Crippen molar-refractivity contribution in [2.75, 3.05) is 19.7 Å². The Hall–Kier alpha value is -3.01. The summed E-state index contributed by atoms with van der Waals surface area (Å²) in [6, 6.07) is 5.19. The smallest absolute Gasteiger partial charge is 0.251 e. The van der Waals surface area contributed by atoms with Crippen LogP contribution in [0.2, 0.25) is 5.02 Å². The number of H-pyrrole nitrogens is 2. The number of aromatic amines is 2. The summed E-state index contributed by atoms with van der Waals surface area (Å²) >= 11 is 6.69. The van der Waals surface area contributed by atoms with Crippen molar-refractivity contribution in [3.63, 3.8) is 0 Å². The van der Waals surface area contributed by atoms with Crippen molar-refractivity contribution in [3.05, 3.63) is 40.8 Å². The second-order valence-corrected chi connectivity index (χ2v) is 8.04. The summed E-state index contributed by atoms with van der Waals surface area (Å²) < 4.78 is 0. The third-order valence-electron chi connectivity index (χ3n) is 5.15. The number of hydrogen-bond acceptors (Lipinski definition) is 6. The van der Waals surface area contributed by atoms with Crippen molar-refractivity contribution >= 4 is 39.4 Å². The quantitative estimate of drug-likeness (QED) is 0.318. The van der Waals surface area contributed by atoms with E-state index in [1.165, 1.54) is 6.33 Å². The van der Waals surface area contributed by atoms with Crippen LogP contribution in [-0.4, -0.2) is 55.9 Å². The van der Waals surface area contributed by atoms with Crippen molar-refractivity contribution in [3.8, 4) is 11.4 Å². The second-order valence-electron chi connectivity index (χ2n) is 7.66. The first-order chi connectivity index (χ1) is 14.4. The Kier molecular flexibility index (Phi) is 5.19. The lowest BCUT2D eigenvalue weighted by Crippen LogP contribution is -2.29. The number of nitrogens with two attached hydrogens (primary N) is 1. The Balaban J connectivity index is 1.87. The lowest BCUT2D eigenvalue weighted by atomic mass is 9.87. The lowest BCUT2D eigenvalue weighted by molar-refractivity contribution is 0.0945. The Labute approximate surface area is 177 Å². The number of nitrogens with one attached hydrogen (secondary N) is 3. The van der Waals surface area contributed by atoms with Gasteiger partial charge in [-0.25, -0.2) is 9.97 Å².